The normalized spacial score (nSPS) is 10.9. The highest BCUT2D eigenvalue weighted by atomic mass is 16.6. The topological polar surface area (TPSA) is 155 Å². The summed E-state index contributed by atoms with van der Waals surface area (Å²) in [5, 5.41) is 26.6. The fourth-order valence-corrected chi connectivity index (χ4v) is 2.50. The van der Waals surface area contributed by atoms with Crippen molar-refractivity contribution in [2.24, 2.45) is 0 Å². The Bertz CT molecular complexity index is 1150. The van der Waals surface area contributed by atoms with Gasteiger partial charge in [-0.3, -0.25) is 19.7 Å². The number of amides is 2. The van der Waals surface area contributed by atoms with Gasteiger partial charge in [-0.15, -0.1) is 0 Å². The van der Waals surface area contributed by atoms with Crippen molar-refractivity contribution in [2.45, 2.75) is 0 Å². The molecule has 10 nitrogen and oxygen atoms in total. The molecule has 0 fully saturated rings. The lowest BCUT2D eigenvalue weighted by atomic mass is 10.1. The first-order chi connectivity index (χ1) is 14.8. The van der Waals surface area contributed by atoms with Gasteiger partial charge in [0.05, 0.1) is 17.2 Å². The van der Waals surface area contributed by atoms with Gasteiger partial charge in [0.15, 0.2) is 5.76 Å². The highest BCUT2D eigenvalue weighted by Gasteiger charge is 2.17. The van der Waals surface area contributed by atoms with Crippen LogP contribution in [0.25, 0.3) is 6.08 Å². The van der Waals surface area contributed by atoms with Gasteiger partial charge >= 0.3 is 0 Å². The molecule has 0 bridgehead atoms. The van der Waals surface area contributed by atoms with E-state index in [4.69, 9.17) is 4.42 Å². The Balaban J connectivity index is 1.86. The van der Waals surface area contributed by atoms with Crippen LogP contribution in [0.5, 0.6) is 0 Å². The number of carbonyl (C=O) groups excluding carboxylic acids is 3. The summed E-state index contributed by atoms with van der Waals surface area (Å²) in [4.78, 5) is 46.2. The molecule has 2 amide bonds. The molecule has 156 valence electrons. The number of rotatable bonds is 7. The van der Waals surface area contributed by atoms with Crippen LogP contribution in [0.1, 0.15) is 26.5 Å². The summed E-state index contributed by atoms with van der Waals surface area (Å²) in [6.07, 6.45) is 2.63. The molecule has 0 aliphatic rings. The van der Waals surface area contributed by atoms with E-state index in [9.17, 15) is 29.6 Å². The molecule has 10 heteroatoms. The van der Waals surface area contributed by atoms with Gasteiger partial charge in [-0.1, -0.05) is 12.1 Å². The van der Waals surface area contributed by atoms with Gasteiger partial charge in [-0.05, 0) is 53.6 Å². The van der Waals surface area contributed by atoms with Crippen LogP contribution >= 0.6 is 0 Å². The second-order valence-corrected chi connectivity index (χ2v) is 6.16. The number of nitrogens with zero attached hydrogens (tertiary/aromatic N) is 1. The van der Waals surface area contributed by atoms with Gasteiger partial charge < -0.3 is 25.0 Å². The number of benzene rings is 2. The molecule has 0 atom stereocenters. The van der Waals surface area contributed by atoms with Crippen LogP contribution in [0.2, 0.25) is 0 Å². The number of carbonyl (C=O) groups is 3. The van der Waals surface area contributed by atoms with Gasteiger partial charge in [0.1, 0.15) is 5.70 Å². The number of non-ortho nitro benzene ring substituents is 1. The van der Waals surface area contributed by atoms with Crippen LogP contribution in [0.15, 0.2) is 77.0 Å². The molecule has 0 radical (unpaired) electrons. The van der Waals surface area contributed by atoms with Gasteiger partial charge in [0, 0.05) is 17.8 Å². The highest BCUT2D eigenvalue weighted by molar-refractivity contribution is 6.10. The van der Waals surface area contributed by atoms with E-state index in [0.29, 0.717) is 5.56 Å². The quantitative estimate of drug-likeness (QED) is 0.336. The van der Waals surface area contributed by atoms with E-state index in [-0.39, 0.29) is 28.4 Å². The molecule has 2 N–H and O–H groups in total. The van der Waals surface area contributed by atoms with E-state index in [0.717, 1.165) is 0 Å². The molecule has 1 heterocycles. The number of anilines is 1. The second kappa shape index (κ2) is 9.18. The van der Waals surface area contributed by atoms with Crippen molar-refractivity contribution in [3.8, 4) is 0 Å². The molecule has 3 rings (SSSR count). The van der Waals surface area contributed by atoms with Crippen molar-refractivity contribution >= 4 is 35.2 Å². The van der Waals surface area contributed by atoms with E-state index in [1.165, 1.54) is 73.0 Å². The number of aromatic carboxylic acids is 1. The minimum atomic E-state index is -1.36. The maximum atomic E-state index is 12.8. The molecule has 0 aliphatic carbocycles. The third-order valence-corrected chi connectivity index (χ3v) is 4.03. The van der Waals surface area contributed by atoms with E-state index in [1.54, 1.807) is 0 Å². The number of hydrogen-bond acceptors (Lipinski definition) is 7. The zero-order chi connectivity index (χ0) is 22.4. The van der Waals surface area contributed by atoms with Gasteiger partial charge in [-0.2, -0.15) is 0 Å². The van der Waals surface area contributed by atoms with Crippen molar-refractivity contribution in [3.05, 3.63) is 99.6 Å². The Morgan fingerprint density at radius 2 is 1.65 bits per heavy atom. The smallest absolute Gasteiger partial charge is 0.291 e. The molecular weight excluding hydrogens is 406 g/mol. The molecule has 0 saturated heterocycles. The first-order valence-electron chi connectivity index (χ1n) is 8.77. The summed E-state index contributed by atoms with van der Waals surface area (Å²) < 4.78 is 5.01. The average molecular weight is 420 g/mol. The summed E-state index contributed by atoms with van der Waals surface area (Å²) in [6, 6.07) is 13.5. The summed E-state index contributed by atoms with van der Waals surface area (Å²) in [7, 11) is 0. The van der Waals surface area contributed by atoms with Crippen molar-refractivity contribution in [1.82, 2.24) is 5.32 Å². The number of nitro groups is 1. The number of carboxylic acid groups (broad SMARTS) is 1. The molecule has 3 aromatic rings. The molecule has 0 unspecified atom stereocenters. The zero-order valence-corrected chi connectivity index (χ0v) is 15.7. The van der Waals surface area contributed by atoms with Crippen LogP contribution in [0, 0.1) is 10.1 Å². The van der Waals surface area contributed by atoms with Crippen molar-refractivity contribution < 1.29 is 28.8 Å². The molecule has 0 aliphatic heterocycles. The largest absolute Gasteiger partial charge is 0.545 e. The molecule has 31 heavy (non-hydrogen) atoms. The van der Waals surface area contributed by atoms with E-state index in [2.05, 4.69) is 10.6 Å². The van der Waals surface area contributed by atoms with Crippen molar-refractivity contribution in [1.29, 1.82) is 0 Å². The first-order valence-corrected chi connectivity index (χ1v) is 8.77. The zero-order valence-electron chi connectivity index (χ0n) is 15.7. The Labute approximate surface area is 175 Å². The standard InChI is InChI=1S/C21H15N3O7/c25-19(22-15-7-5-14(6-8-15)21(27)28)17(23-20(26)18-2-1-11-31-18)12-13-3-9-16(10-4-13)24(29)30/h1-12H,(H,22,25)(H,23,26)(H,27,28)/p-1/b17-12+. The molecule has 0 saturated carbocycles. The van der Waals surface area contributed by atoms with E-state index < -0.39 is 22.7 Å². The third-order valence-electron chi connectivity index (χ3n) is 4.03. The van der Waals surface area contributed by atoms with Crippen LogP contribution in [-0.4, -0.2) is 22.7 Å². The molecule has 0 spiro atoms. The lowest BCUT2D eigenvalue weighted by Gasteiger charge is -2.11. The fourth-order valence-electron chi connectivity index (χ4n) is 2.50. The van der Waals surface area contributed by atoms with Crippen molar-refractivity contribution in [2.75, 3.05) is 5.32 Å². The summed E-state index contributed by atoms with van der Waals surface area (Å²) in [5.41, 5.74) is 0.334. The van der Waals surface area contributed by atoms with Crippen LogP contribution in [-0.2, 0) is 4.79 Å². The Kier molecular flexibility index (Phi) is 6.21. The lowest BCUT2D eigenvalue weighted by Crippen LogP contribution is -2.30. The lowest BCUT2D eigenvalue weighted by molar-refractivity contribution is -0.384. The van der Waals surface area contributed by atoms with Crippen LogP contribution in [0.3, 0.4) is 0 Å². The third kappa shape index (κ3) is 5.41. The number of nitrogens with one attached hydrogen (secondary N) is 2. The fraction of sp³-hybridized carbons (Fsp3) is 0. The SMILES string of the molecule is O=C(Nc1ccc(C(=O)[O-])cc1)/C(=C\c1ccc([N+](=O)[O-])cc1)NC(=O)c1ccco1. The number of hydrogen-bond donors (Lipinski definition) is 2. The number of nitro benzene ring substituents is 1. The van der Waals surface area contributed by atoms with Gasteiger partial charge in [-0.25, -0.2) is 0 Å². The maximum Gasteiger partial charge on any atom is 0.291 e. The predicted octanol–water partition coefficient (Wildman–Crippen LogP) is 1.96. The minimum absolute atomic E-state index is 0.0271. The molecular formula is C21H14N3O7-. The van der Waals surface area contributed by atoms with Gasteiger partial charge in [0.25, 0.3) is 17.5 Å². The highest BCUT2D eigenvalue weighted by Crippen LogP contribution is 2.16. The summed E-state index contributed by atoms with van der Waals surface area (Å²) in [5.74, 6) is -2.77. The predicted molar refractivity (Wildman–Crippen MR) is 107 cm³/mol. The van der Waals surface area contributed by atoms with Crippen LogP contribution < -0.4 is 15.7 Å². The number of furan rings is 1. The maximum absolute atomic E-state index is 12.8. The monoisotopic (exact) mass is 420 g/mol. The Hall–Kier alpha value is -4.73. The molecule has 2 aromatic carbocycles. The summed E-state index contributed by atoms with van der Waals surface area (Å²) in [6.45, 7) is 0. The second-order valence-electron chi connectivity index (χ2n) is 6.16. The Morgan fingerprint density at radius 3 is 2.19 bits per heavy atom. The minimum Gasteiger partial charge on any atom is -0.545 e. The average Bonchev–Trinajstić information content (AvgIpc) is 3.29. The Morgan fingerprint density at radius 1 is 0.968 bits per heavy atom. The van der Waals surface area contributed by atoms with Gasteiger partial charge in [0.2, 0.25) is 0 Å². The summed E-state index contributed by atoms with van der Waals surface area (Å²) >= 11 is 0. The van der Waals surface area contributed by atoms with Crippen LogP contribution in [0.4, 0.5) is 11.4 Å². The molecule has 1 aromatic heterocycles. The first kappa shape index (κ1) is 21.0. The van der Waals surface area contributed by atoms with E-state index >= 15 is 0 Å². The number of carboxylic acids is 1. The van der Waals surface area contributed by atoms with E-state index in [1.807, 2.05) is 0 Å². The van der Waals surface area contributed by atoms with Crippen molar-refractivity contribution in [3.63, 3.8) is 0 Å².